The average Bonchev–Trinajstić information content (AvgIpc) is 3.18. The molecule has 0 radical (unpaired) electrons. The number of piperazine rings is 1. The summed E-state index contributed by atoms with van der Waals surface area (Å²) in [6.07, 6.45) is -2.90. The third-order valence-corrected chi connectivity index (χ3v) is 7.15. The first-order valence-corrected chi connectivity index (χ1v) is 13.3. The molecule has 0 bridgehead atoms. The van der Waals surface area contributed by atoms with E-state index in [2.05, 4.69) is 10.1 Å². The zero-order chi connectivity index (χ0) is 28.4. The van der Waals surface area contributed by atoms with Gasteiger partial charge in [-0.05, 0) is 45.0 Å². The van der Waals surface area contributed by atoms with Gasteiger partial charge in [-0.2, -0.15) is 18.3 Å². The molecular formula is C23H24F4N6O4S. The summed E-state index contributed by atoms with van der Waals surface area (Å²) in [6.45, 7) is 4.26. The average molecular weight is 557 g/mol. The minimum Gasteiger partial charge on any atom is -0.382 e. The number of nitrogen functional groups attached to an aromatic ring is 1. The minimum absolute atomic E-state index is 0.0657. The van der Waals surface area contributed by atoms with Gasteiger partial charge < -0.3 is 15.5 Å². The normalized spacial score (nSPS) is 18.3. The van der Waals surface area contributed by atoms with Gasteiger partial charge in [-0.1, -0.05) is 0 Å². The van der Waals surface area contributed by atoms with Gasteiger partial charge in [0.15, 0.2) is 15.7 Å². The van der Waals surface area contributed by atoms with Gasteiger partial charge >= 0.3 is 6.18 Å². The number of carbonyl (C=O) groups is 2. The SMILES string of the molecule is CC1CN(C(=O)CS(C)(=O)=O)C(C)(C)C(=O)N1c1cc(-c2cc(C(F)(F)F)c3c(N)ncnn23)ccc1F. The number of hydrogen-bond donors (Lipinski definition) is 1. The topological polar surface area (TPSA) is 131 Å². The molecule has 0 spiro atoms. The molecule has 1 atom stereocenters. The second-order valence-electron chi connectivity index (χ2n) is 9.67. The van der Waals surface area contributed by atoms with E-state index in [-0.39, 0.29) is 23.5 Å². The second kappa shape index (κ2) is 8.92. The van der Waals surface area contributed by atoms with Crippen LogP contribution >= 0.6 is 0 Å². The molecule has 15 heteroatoms. The van der Waals surface area contributed by atoms with Crippen molar-refractivity contribution in [1.82, 2.24) is 19.5 Å². The molecule has 2 N–H and O–H groups in total. The van der Waals surface area contributed by atoms with Crippen LogP contribution in [0.1, 0.15) is 26.3 Å². The third-order valence-electron chi connectivity index (χ3n) is 6.38. The Hall–Kier alpha value is -3.75. The van der Waals surface area contributed by atoms with Gasteiger partial charge in [0, 0.05) is 18.4 Å². The number of anilines is 2. The van der Waals surface area contributed by atoms with Gasteiger partial charge in [-0.25, -0.2) is 22.3 Å². The van der Waals surface area contributed by atoms with Gasteiger partial charge in [-0.3, -0.25) is 9.59 Å². The van der Waals surface area contributed by atoms with Crippen LogP contribution in [0.25, 0.3) is 16.8 Å². The van der Waals surface area contributed by atoms with Gasteiger partial charge in [0.1, 0.15) is 29.0 Å². The summed E-state index contributed by atoms with van der Waals surface area (Å²) in [4.78, 5) is 32.1. The van der Waals surface area contributed by atoms with E-state index in [4.69, 9.17) is 5.73 Å². The standard InChI is InChI=1S/C23H24F4N6O4S/c1-12-9-31(18(34)10-38(4,36)37)22(2,3)21(35)32(12)17-7-13(5-6-15(17)24)16-8-14(23(25,26)27)19-20(28)29-11-30-33(16)19/h5-8,11-12H,9-10H2,1-4H3,(H2,28,29,30). The van der Waals surface area contributed by atoms with Gasteiger partial charge in [0.05, 0.1) is 23.0 Å². The summed E-state index contributed by atoms with van der Waals surface area (Å²) in [5.41, 5.74) is 2.43. The van der Waals surface area contributed by atoms with Crippen LogP contribution in [0.15, 0.2) is 30.6 Å². The number of aromatic nitrogens is 3. The van der Waals surface area contributed by atoms with Crippen molar-refractivity contribution in [2.24, 2.45) is 0 Å². The summed E-state index contributed by atoms with van der Waals surface area (Å²) in [6, 6.07) is 3.49. The van der Waals surface area contributed by atoms with Crippen LogP contribution in [0.5, 0.6) is 0 Å². The molecule has 3 heterocycles. The molecule has 38 heavy (non-hydrogen) atoms. The Bertz CT molecular complexity index is 1570. The smallest absolute Gasteiger partial charge is 0.382 e. The molecule has 204 valence electrons. The molecule has 3 aromatic rings. The molecule has 2 amide bonds. The Balaban J connectivity index is 1.81. The maximum absolute atomic E-state index is 15.1. The van der Waals surface area contributed by atoms with E-state index in [1.165, 1.54) is 26.0 Å². The van der Waals surface area contributed by atoms with Crippen LogP contribution in [0.3, 0.4) is 0 Å². The van der Waals surface area contributed by atoms with E-state index >= 15 is 4.39 Å². The van der Waals surface area contributed by atoms with Gasteiger partial charge in [0.2, 0.25) is 5.91 Å². The largest absolute Gasteiger partial charge is 0.418 e. The lowest BCUT2D eigenvalue weighted by molar-refractivity contribution is -0.146. The summed E-state index contributed by atoms with van der Waals surface area (Å²) < 4.78 is 80.6. The molecule has 1 saturated heterocycles. The number of sulfone groups is 1. The summed E-state index contributed by atoms with van der Waals surface area (Å²) in [5.74, 6) is -3.50. The Kier molecular flexibility index (Phi) is 6.41. The highest BCUT2D eigenvalue weighted by Gasteiger charge is 2.48. The first-order chi connectivity index (χ1) is 17.4. The first-order valence-electron chi connectivity index (χ1n) is 11.2. The quantitative estimate of drug-likeness (QED) is 0.489. The number of rotatable bonds is 4. The zero-order valence-electron chi connectivity index (χ0n) is 20.7. The monoisotopic (exact) mass is 556 g/mol. The lowest BCUT2D eigenvalue weighted by Gasteiger charge is -2.49. The third kappa shape index (κ3) is 4.66. The van der Waals surface area contributed by atoms with Crippen molar-refractivity contribution in [1.29, 1.82) is 0 Å². The highest BCUT2D eigenvalue weighted by Crippen LogP contribution is 2.40. The van der Waals surface area contributed by atoms with E-state index in [1.54, 1.807) is 6.92 Å². The van der Waals surface area contributed by atoms with Crippen molar-refractivity contribution in [2.75, 3.05) is 29.2 Å². The van der Waals surface area contributed by atoms with Crippen LogP contribution in [0, 0.1) is 5.82 Å². The highest BCUT2D eigenvalue weighted by molar-refractivity contribution is 7.91. The molecule has 1 aliphatic heterocycles. The number of amides is 2. The summed E-state index contributed by atoms with van der Waals surface area (Å²) in [5, 5.41) is 3.89. The molecule has 1 unspecified atom stereocenters. The fourth-order valence-corrected chi connectivity index (χ4v) is 5.20. The molecule has 1 aliphatic rings. The van der Waals surface area contributed by atoms with Crippen LogP contribution in [-0.4, -0.2) is 69.9 Å². The van der Waals surface area contributed by atoms with Crippen molar-refractivity contribution in [3.05, 3.63) is 42.0 Å². The molecule has 0 saturated carbocycles. The van der Waals surface area contributed by atoms with Crippen molar-refractivity contribution >= 4 is 38.7 Å². The Morgan fingerprint density at radius 2 is 1.89 bits per heavy atom. The fourth-order valence-electron chi connectivity index (χ4n) is 4.59. The minimum atomic E-state index is -4.78. The number of halogens is 4. The molecular weight excluding hydrogens is 532 g/mol. The number of alkyl halides is 3. The maximum Gasteiger partial charge on any atom is 0.418 e. The lowest BCUT2D eigenvalue weighted by atomic mass is 9.93. The predicted molar refractivity (Wildman–Crippen MR) is 130 cm³/mol. The zero-order valence-corrected chi connectivity index (χ0v) is 21.6. The Morgan fingerprint density at radius 1 is 1.24 bits per heavy atom. The van der Waals surface area contributed by atoms with Crippen molar-refractivity contribution in [3.8, 4) is 11.3 Å². The first kappa shape index (κ1) is 27.3. The van der Waals surface area contributed by atoms with Crippen molar-refractivity contribution in [3.63, 3.8) is 0 Å². The van der Waals surface area contributed by atoms with Crippen LogP contribution < -0.4 is 10.6 Å². The van der Waals surface area contributed by atoms with Crippen LogP contribution in [0.4, 0.5) is 29.1 Å². The maximum atomic E-state index is 15.1. The molecule has 2 aromatic heterocycles. The summed E-state index contributed by atoms with van der Waals surface area (Å²) in [7, 11) is -3.67. The second-order valence-corrected chi connectivity index (χ2v) is 11.8. The summed E-state index contributed by atoms with van der Waals surface area (Å²) >= 11 is 0. The van der Waals surface area contributed by atoms with E-state index in [1.807, 2.05) is 0 Å². The Morgan fingerprint density at radius 3 is 2.50 bits per heavy atom. The van der Waals surface area contributed by atoms with Gasteiger partial charge in [-0.15, -0.1) is 0 Å². The van der Waals surface area contributed by atoms with E-state index in [0.29, 0.717) is 0 Å². The van der Waals surface area contributed by atoms with E-state index in [9.17, 15) is 31.2 Å². The predicted octanol–water partition coefficient (Wildman–Crippen LogP) is 2.52. The number of nitrogens with zero attached hydrogens (tertiary/aromatic N) is 5. The highest BCUT2D eigenvalue weighted by atomic mass is 32.2. The number of carbonyl (C=O) groups excluding carboxylic acids is 2. The molecule has 0 aliphatic carbocycles. The number of hydrogen-bond acceptors (Lipinski definition) is 7. The fraction of sp³-hybridized carbons (Fsp3) is 0.391. The van der Waals surface area contributed by atoms with Gasteiger partial charge in [0.25, 0.3) is 5.91 Å². The van der Waals surface area contributed by atoms with Crippen molar-refractivity contribution in [2.45, 2.75) is 38.5 Å². The van der Waals surface area contributed by atoms with Crippen LogP contribution in [0.2, 0.25) is 0 Å². The van der Waals surface area contributed by atoms with Crippen LogP contribution in [-0.2, 0) is 25.6 Å². The molecule has 1 fully saturated rings. The molecule has 10 nitrogen and oxygen atoms in total. The van der Waals surface area contributed by atoms with E-state index in [0.717, 1.165) is 39.0 Å². The molecule has 4 rings (SSSR count). The Labute approximate surface area is 214 Å². The van der Waals surface area contributed by atoms with Crippen molar-refractivity contribution < 1.29 is 35.6 Å². The number of fused-ring (bicyclic) bond motifs is 1. The number of benzene rings is 1. The molecule has 1 aromatic carbocycles. The number of nitrogens with two attached hydrogens (primary N) is 1. The lowest BCUT2D eigenvalue weighted by Crippen LogP contribution is -2.68. The van der Waals surface area contributed by atoms with E-state index < -0.39 is 67.9 Å².